The third kappa shape index (κ3) is 4.33. The highest BCUT2D eigenvalue weighted by Gasteiger charge is 2.15. The topological polar surface area (TPSA) is 15.3 Å². The Balaban J connectivity index is 1.52. The van der Waals surface area contributed by atoms with Gasteiger partial charge in [-0.2, -0.15) is 0 Å². The van der Waals surface area contributed by atoms with Crippen LogP contribution < -0.4 is 10.2 Å². The van der Waals surface area contributed by atoms with Gasteiger partial charge in [-0.1, -0.05) is 97.1 Å². The summed E-state index contributed by atoms with van der Waals surface area (Å²) in [6, 6.07) is 53.2. The summed E-state index contributed by atoms with van der Waals surface area (Å²) in [7, 11) is 0. The van der Waals surface area contributed by atoms with Gasteiger partial charge in [-0.3, -0.25) is 0 Å². The molecule has 0 fully saturated rings. The molecule has 2 nitrogen and oxygen atoms in total. The number of benzene rings is 6. The smallest absolute Gasteiger partial charge is 0.0470 e. The number of para-hydroxylation sites is 3. The number of hydrogen-bond acceptors (Lipinski definition) is 2. The first-order valence-electron chi connectivity index (χ1n) is 12.2. The quantitative estimate of drug-likeness (QED) is 0.265. The maximum atomic E-state index is 3.64. The number of fused-ring (bicyclic) bond motifs is 1. The molecule has 2 heteroatoms. The minimum atomic E-state index is 1.07. The second-order valence-electron chi connectivity index (χ2n) is 8.76. The SMILES string of the molecule is c1ccc(Nc2ccc3cc(N(c4ccccc4)c4ccccc4)ccc3c2-c2ccccc2)cc1. The Kier molecular flexibility index (Phi) is 5.91. The number of nitrogens with one attached hydrogen (secondary N) is 1. The van der Waals surface area contributed by atoms with Crippen molar-refractivity contribution in [3.05, 3.63) is 152 Å². The highest BCUT2D eigenvalue weighted by molar-refractivity contribution is 6.05. The van der Waals surface area contributed by atoms with Gasteiger partial charge in [0, 0.05) is 34.0 Å². The van der Waals surface area contributed by atoms with Crippen molar-refractivity contribution in [1.29, 1.82) is 0 Å². The minimum absolute atomic E-state index is 1.07. The van der Waals surface area contributed by atoms with Crippen LogP contribution in [0.4, 0.5) is 28.4 Å². The van der Waals surface area contributed by atoms with E-state index in [1.54, 1.807) is 0 Å². The van der Waals surface area contributed by atoms with Crippen LogP contribution in [0.2, 0.25) is 0 Å². The standard InChI is InChI=1S/C34H26N2/c1-5-13-26(14-6-1)34-32-23-22-31(25-27(32)21-24-33(34)35-28-15-7-2-8-16-28)36(29-17-9-3-10-18-29)30-19-11-4-12-20-30/h1-25,35H. The van der Waals surface area contributed by atoms with Crippen molar-refractivity contribution >= 4 is 39.2 Å². The van der Waals surface area contributed by atoms with E-state index in [1.807, 2.05) is 6.07 Å². The van der Waals surface area contributed by atoms with E-state index in [0.29, 0.717) is 0 Å². The van der Waals surface area contributed by atoms with Crippen molar-refractivity contribution in [2.24, 2.45) is 0 Å². The predicted octanol–water partition coefficient (Wildman–Crippen LogP) is 9.72. The van der Waals surface area contributed by atoms with E-state index < -0.39 is 0 Å². The monoisotopic (exact) mass is 462 g/mol. The van der Waals surface area contributed by atoms with E-state index in [4.69, 9.17) is 0 Å². The van der Waals surface area contributed by atoms with Gasteiger partial charge in [-0.05, 0) is 70.9 Å². The van der Waals surface area contributed by atoms with Gasteiger partial charge < -0.3 is 10.2 Å². The first-order valence-corrected chi connectivity index (χ1v) is 12.2. The number of hydrogen-bond donors (Lipinski definition) is 1. The van der Waals surface area contributed by atoms with Crippen LogP contribution in [0.1, 0.15) is 0 Å². The molecule has 0 bridgehead atoms. The largest absolute Gasteiger partial charge is 0.355 e. The summed E-state index contributed by atoms with van der Waals surface area (Å²) in [5.74, 6) is 0. The molecule has 0 saturated heterocycles. The molecule has 6 aromatic carbocycles. The lowest BCUT2D eigenvalue weighted by Gasteiger charge is -2.26. The third-order valence-corrected chi connectivity index (χ3v) is 6.41. The fraction of sp³-hybridized carbons (Fsp3) is 0. The van der Waals surface area contributed by atoms with E-state index in [1.165, 1.54) is 21.9 Å². The molecule has 0 aliphatic carbocycles. The summed E-state index contributed by atoms with van der Waals surface area (Å²) < 4.78 is 0. The molecular formula is C34H26N2. The van der Waals surface area contributed by atoms with Crippen LogP contribution >= 0.6 is 0 Å². The molecular weight excluding hydrogens is 436 g/mol. The molecule has 0 amide bonds. The van der Waals surface area contributed by atoms with Crippen molar-refractivity contribution in [3.8, 4) is 11.1 Å². The van der Waals surface area contributed by atoms with Gasteiger partial charge in [-0.25, -0.2) is 0 Å². The zero-order valence-corrected chi connectivity index (χ0v) is 19.9. The Morgan fingerprint density at radius 3 is 1.61 bits per heavy atom. The van der Waals surface area contributed by atoms with Gasteiger partial charge in [0.05, 0.1) is 0 Å². The van der Waals surface area contributed by atoms with Gasteiger partial charge in [0.25, 0.3) is 0 Å². The Bertz CT molecular complexity index is 1540. The van der Waals surface area contributed by atoms with Gasteiger partial charge >= 0.3 is 0 Å². The number of nitrogens with zero attached hydrogens (tertiary/aromatic N) is 1. The van der Waals surface area contributed by atoms with Crippen LogP contribution in [0, 0.1) is 0 Å². The van der Waals surface area contributed by atoms with E-state index in [2.05, 4.69) is 156 Å². The molecule has 0 spiro atoms. The second kappa shape index (κ2) is 9.81. The van der Waals surface area contributed by atoms with Crippen molar-refractivity contribution in [2.75, 3.05) is 10.2 Å². The molecule has 0 radical (unpaired) electrons. The molecule has 0 aliphatic rings. The zero-order valence-electron chi connectivity index (χ0n) is 19.9. The van der Waals surface area contributed by atoms with E-state index in [9.17, 15) is 0 Å². The molecule has 6 rings (SSSR count). The van der Waals surface area contributed by atoms with Gasteiger partial charge in [0.1, 0.15) is 0 Å². The third-order valence-electron chi connectivity index (χ3n) is 6.41. The summed E-state index contributed by atoms with van der Waals surface area (Å²) in [5, 5.41) is 6.05. The molecule has 1 N–H and O–H groups in total. The molecule has 172 valence electrons. The van der Waals surface area contributed by atoms with Crippen molar-refractivity contribution in [2.45, 2.75) is 0 Å². The van der Waals surface area contributed by atoms with Gasteiger partial charge in [-0.15, -0.1) is 0 Å². The van der Waals surface area contributed by atoms with E-state index in [-0.39, 0.29) is 0 Å². The maximum Gasteiger partial charge on any atom is 0.0470 e. The maximum absolute atomic E-state index is 3.64. The first kappa shape index (κ1) is 21.7. The Morgan fingerprint density at radius 1 is 0.444 bits per heavy atom. The highest BCUT2D eigenvalue weighted by Crippen LogP contribution is 2.41. The lowest BCUT2D eigenvalue weighted by Crippen LogP contribution is -2.09. The lowest BCUT2D eigenvalue weighted by molar-refractivity contribution is 1.29. The number of anilines is 5. The van der Waals surface area contributed by atoms with Crippen LogP contribution in [0.15, 0.2) is 152 Å². The average molecular weight is 463 g/mol. The Morgan fingerprint density at radius 2 is 1.00 bits per heavy atom. The van der Waals surface area contributed by atoms with E-state index >= 15 is 0 Å². The predicted molar refractivity (Wildman–Crippen MR) is 154 cm³/mol. The normalized spacial score (nSPS) is 10.8. The zero-order chi connectivity index (χ0) is 24.2. The second-order valence-corrected chi connectivity index (χ2v) is 8.76. The van der Waals surface area contributed by atoms with E-state index in [0.717, 1.165) is 28.4 Å². The van der Waals surface area contributed by atoms with Crippen LogP contribution in [-0.4, -0.2) is 0 Å². The van der Waals surface area contributed by atoms with Crippen molar-refractivity contribution in [1.82, 2.24) is 0 Å². The van der Waals surface area contributed by atoms with Crippen LogP contribution in [0.5, 0.6) is 0 Å². The fourth-order valence-electron chi connectivity index (χ4n) is 4.75. The van der Waals surface area contributed by atoms with Crippen LogP contribution in [0.3, 0.4) is 0 Å². The Hall–Kier alpha value is -4.82. The molecule has 0 atom stereocenters. The van der Waals surface area contributed by atoms with Crippen LogP contribution in [0.25, 0.3) is 21.9 Å². The molecule has 6 aromatic rings. The van der Waals surface area contributed by atoms with Gasteiger partial charge in [0.2, 0.25) is 0 Å². The summed E-state index contributed by atoms with van der Waals surface area (Å²) in [6.45, 7) is 0. The summed E-state index contributed by atoms with van der Waals surface area (Å²) in [6.07, 6.45) is 0. The summed E-state index contributed by atoms with van der Waals surface area (Å²) >= 11 is 0. The van der Waals surface area contributed by atoms with Crippen LogP contribution in [-0.2, 0) is 0 Å². The summed E-state index contributed by atoms with van der Waals surface area (Å²) in [5.41, 5.74) is 7.96. The number of rotatable bonds is 6. The van der Waals surface area contributed by atoms with Gasteiger partial charge in [0.15, 0.2) is 0 Å². The lowest BCUT2D eigenvalue weighted by atomic mass is 9.95. The molecule has 0 aromatic heterocycles. The van der Waals surface area contributed by atoms with Crippen molar-refractivity contribution < 1.29 is 0 Å². The highest BCUT2D eigenvalue weighted by atomic mass is 15.1. The molecule has 0 aliphatic heterocycles. The molecule has 0 unspecified atom stereocenters. The minimum Gasteiger partial charge on any atom is -0.355 e. The van der Waals surface area contributed by atoms with Crippen molar-refractivity contribution in [3.63, 3.8) is 0 Å². The summed E-state index contributed by atoms with van der Waals surface area (Å²) in [4.78, 5) is 2.30. The first-order chi connectivity index (χ1) is 17.9. The Labute approximate surface area is 212 Å². The fourth-order valence-corrected chi connectivity index (χ4v) is 4.75. The molecule has 0 saturated carbocycles. The molecule has 36 heavy (non-hydrogen) atoms. The molecule has 0 heterocycles. The average Bonchev–Trinajstić information content (AvgIpc) is 2.95.